The summed E-state index contributed by atoms with van der Waals surface area (Å²) in [6.45, 7) is 5.60. The highest BCUT2D eigenvalue weighted by Gasteiger charge is 2.29. The van der Waals surface area contributed by atoms with E-state index in [9.17, 15) is 9.59 Å². The molecule has 1 atom stereocenters. The van der Waals surface area contributed by atoms with Gasteiger partial charge < -0.3 is 20.4 Å². The molecule has 176 valence electrons. The zero-order valence-electron chi connectivity index (χ0n) is 19.4. The van der Waals surface area contributed by atoms with Gasteiger partial charge in [-0.2, -0.15) is 0 Å². The molecule has 8 heteroatoms. The van der Waals surface area contributed by atoms with Gasteiger partial charge in [0.1, 0.15) is 6.04 Å². The van der Waals surface area contributed by atoms with E-state index in [0.717, 1.165) is 56.8 Å². The minimum atomic E-state index is -0.534. The van der Waals surface area contributed by atoms with Crippen molar-refractivity contribution in [3.05, 3.63) is 42.7 Å². The number of anilines is 3. The molecule has 2 fully saturated rings. The number of aromatic nitrogens is 2. The van der Waals surface area contributed by atoms with Crippen LogP contribution in [0.4, 0.5) is 17.3 Å². The van der Waals surface area contributed by atoms with Crippen molar-refractivity contribution in [1.82, 2.24) is 15.3 Å². The van der Waals surface area contributed by atoms with Crippen molar-refractivity contribution >= 4 is 29.1 Å². The fourth-order valence-electron chi connectivity index (χ4n) is 4.63. The van der Waals surface area contributed by atoms with Crippen molar-refractivity contribution in [2.24, 2.45) is 5.92 Å². The Hall–Kier alpha value is -3.16. The molecule has 2 saturated heterocycles. The average molecular weight is 451 g/mol. The molecule has 33 heavy (non-hydrogen) atoms. The minimum Gasteiger partial charge on any atom is -0.371 e. The van der Waals surface area contributed by atoms with Crippen LogP contribution in [-0.2, 0) is 9.59 Å². The Labute approximate surface area is 195 Å². The molecule has 4 rings (SSSR count). The lowest BCUT2D eigenvalue weighted by Crippen LogP contribution is -2.48. The molecule has 0 radical (unpaired) electrons. The molecule has 0 bridgehead atoms. The van der Waals surface area contributed by atoms with E-state index in [-0.39, 0.29) is 17.7 Å². The number of nitrogens with one attached hydrogen (secondary N) is 2. The van der Waals surface area contributed by atoms with Crippen molar-refractivity contribution in [3.63, 3.8) is 0 Å². The van der Waals surface area contributed by atoms with E-state index < -0.39 is 6.04 Å². The minimum absolute atomic E-state index is 0.0388. The second kappa shape index (κ2) is 11.1. The zero-order chi connectivity index (χ0) is 23.0. The second-order valence-electron chi connectivity index (χ2n) is 8.89. The topological polar surface area (TPSA) is 90.5 Å². The van der Waals surface area contributed by atoms with Gasteiger partial charge in [-0.1, -0.05) is 19.4 Å². The standard InChI is InChI=1S/C25H34N6O2/c1-2-7-22(24(33)28-20-8-5-9-21(18-20)30-14-3-4-15-30)29-23(32)19-10-16-31(17-11-19)25-26-12-6-13-27-25/h5-6,8-9,12-13,18-19,22H,2-4,7,10-11,14-17H2,1H3,(H,28,33)(H,29,32). The van der Waals surface area contributed by atoms with Crippen LogP contribution in [0.3, 0.4) is 0 Å². The average Bonchev–Trinajstić information content (AvgIpc) is 3.40. The molecule has 2 amide bonds. The van der Waals surface area contributed by atoms with Crippen LogP contribution in [-0.4, -0.2) is 54.0 Å². The van der Waals surface area contributed by atoms with Crippen LogP contribution in [0.1, 0.15) is 45.4 Å². The second-order valence-corrected chi connectivity index (χ2v) is 8.89. The largest absolute Gasteiger partial charge is 0.371 e. The molecule has 2 aromatic rings. The Balaban J connectivity index is 1.32. The Morgan fingerprint density at radius 3 is 2.45 bits per heavy atom. The first kappa shape index (κ1) is 23.0. The van der Waals surface area contributed by atoms with E-state index in [1.807, 2.05) is 25.1 Å². The summed E-state index contributed by atoms with van der Waals surface area (Å²) in [6, 6.07) is 9.25. The van der Waals surface area contributed by atoms with Crippen molar-refractivity contribution in [3.8, 4) is 0 Å². The predicted molar refractivity (Wildman–Crippen MR) is 130 cm³/mol. The summed E-state index contributed by atoms with van der Waals surface area (Å²) >= 11 is 0. The molecular weight excluding hydrogens is 416 g/mol. The Kier molecular flexibility index (Phi) is 7.75. The maximum Gasteiger partial charge on any atom is 0.246 e. The van der Waals surface area contributed by atoms with Gasteiger partial charge in [-0.15, -0.1) is 0 Å². The smallest absolute Gasteiger partial charge is 0.246 e. The van der Waals surface area contributed by atoms with Crippen molar-refractivity contribution < 1.29 is 9.59 Å². The number of carbonyl (C=O) groups excluding carboxylic acids is 2. The fraction of sp³-hybridized carbons (Fsp3) is 0.520. The summed E-state index contributed by atoms with van der Waals surface area (Å²) in [6.07, 6.45) is 8.75. The summed E-state index contributed by atoms with van der Waals surface area (Å²) in [5.41, 5.74) is 1.91. The van der Waals surface area contributed by atoms with Crippen LogP contribution in [0, 0.1) is 5.92 Å². The third kappa shape index (κ3) is 6.00. The number of carbonyl (C=O) groups is 2. The first-order valence-electron chi connectivity index (χ1n) is 12.1. The zero-order valence-corrected chi connectivity index (χ0v) is 19.4. The van der Waals surface area contributed by atoms with Crippen LogP contribution in [0.15, 0.2) is 42.7 Å². The van der Waals surface area contributed by atoms with Crippen LogP contribution in [0.5, 0.6) is 0 Å². The van der Waals surface area contributed by atoms with Crippen molar-refractivity contribution in [2.45, 2.75) is 51.5 Å². The SMILES string of the molecule is CCCC(NC(=O)C1CCN(c2ncccn2)CC1)C(=O)Nc1cccc(N2CCCC2)c1. The number of nitrogens with zero attached hydrogens (tertiary/aromatic N) is 4. The number of benzene rings is 1. The Morgan fingerprint density at radius 2 is 1.76 bits per heavy atom. The summed E-state index contributed by atoms with van der Waals surface area (Å²) in [5.74, 6) is 0.410. The molecule has 0 saturated carbocycles. The number of hydrogen-bond donors (Lipinski definition) is 2. The van der Waals surface area contributed by atoms with Gasteiger partial charge in [0.25, 0.3) is 0 Å². The third-order valence-electron chi connectivity index (χ3n) is 6.50. The molecule has 1 aromatic heterocycles. The van der Waals surface area contributed by atoms with Crippen LogP contribution in [0.2, 0.25) is 0 Å². The van der Waals surface area contributed by atoms with Gasteiger partial charge in [0.2, 0.25) is 17.8 Å². The van der Waals surface area contributed by atoms with Gasteiger partial charge in [-0.05, 0) is 56.4 Å². The van der Waals surface area contributed by atoms with E-state index in [2.05, 4.69) is 36.5 Å². The quantitative estimate of drug-likeness (QED) is 0.642. The molecule has 1 unspecified atom stereocenters. The molecule has 3 heterocycles. The van der Waals surface area contributed by atoms with Crippen LogP contribution in [0.25, 0.3) is 0 Å². The van der Waals surface area contributed by atoms with Gasteiger partial charge in [0, 0.05) is 55.9 Å². The maximum atomic E-state index is 13.0. The van der Waals surface area contributed by atoms with E-state index in [4.69, 9.17) is 0 Å². The van der Waals surface area contributed by atoms with Gasteiger partial charge in [0.05, 0.1) is 0 Å². The van der Waals surface area contributed by atoms with E-state index in [1.54, 1.807) is 18.5 Å². The molecule has 1 aromatic carbocycles. The number of amides is 2. The van der Waals surface area contributed by atoms with Gasteiger partial charge >= 0.3 is 0 Å². The fourth-order valence-corrected chi connectivity index (χ4v) is 4.63. The highest BCUT2D eigenvalue weighted by molar-refractivity contribution is 5.97. The summed E-state index contributed by atoms with van der Waals surface area (Å²) in [7, 11) is 0. The molecule has 2 aliphatic rings. The third-order valence-corrected chi connectivity index (χ3v) is 6.50. The number of rotatable bonds is 8. The number of hydrogen-bond acceptors (Lipinski definition) is 6. The first-order chi connectivity index (χ1) is 16.1. The van der Waals surface area contributed by atoms with Crippen LogP contribution < -0.4 is 20.4 Å². The van der Waals surface area contributed by atoms with E-state index in [0.29, 0.717) is 12.4 Å². The molecule has 2 N–H and O–H groups in total. The highest BCUT2D eigenvalue weighted by atomic mass is 16.2. The summed E-state index contributed by atoms with van der Waals surface area (Å²) in [4.78, 5) is 39.0. The molecule has 8 nitrogen and oxygen atoms in total. The molecule has 0 spiro atoms. The monoisotopic (exact) mass is 450 g/mol. The molecular formula is C25H34N6O2. The van der Waals surface area contributed by atoms with E-state index in [1.165, 1.54) is 12.8 Å². The van der Waals surface area contributed by atoms with Gasteiger partial charge in [-0.3, -0.25) is 9.59 Å². The van der Waals surface area contributed by atoms with Gasteiger partial charge in [0.15, 0.2) is 0 Å². The van der Waals surface area contributed by atoms with Crippen molar-refractivity contribution in [1.29, 1.82) is 0 Å². The highest BCUT2D eigenvalue weighted by Crippen LogP contribution is 2.24. The maximum absolute atomic E-state index is 13.0. The lowest BCUT2D eigenvalue weighted by atomic mass is 9.95. The number of piperidine rings is 1. The summed E-state index contributed by atoms with van der Waals surface area (Å²) in [5, 5.41) is 6.04. The molecule has 0 aliphatic carbocycles. The van der Waals surface area contributed by atoms with E-state index >= 15 is 0 Å². The Morgan fingerprint density at radius 1 is 1.03 bits per heavy atom. The normalized spacial score (nSPS) is 17.6. The summed E-state index contributed by atoms with van der Waals surface area (Å²) < 4.78 is 0. The Bertz CT molecular complexity index is 924. The van der Waals surface area contributed by atoms with Gasteiger partial charge in [-0.25, -0.2) is 9.97 Å². The van der Waals surface area contributed by atoms with Crippen LogP contribution >= 0.6 is 0 Å². The van der Waals surface area contributed by atoms with Crippen molar-refractivity contribution in [2.75, 3.05) is 41.3 Å². The predicted octanol–water partition coefficient (Wildman–Crippen LogP) is 3.22. The lowest BCUT2D eigenvalue weighted by Gasteiger charge is -2.32. The first-order valence-corrected chi connectivity index (χ1v) is 12.1. The molecule has 2 aliphatic heterocycles. The lowest BCUT2D eigenvalue weighted by molar-refractivity contribution is -0.129.